The number of hydrogen-bond acceptors (Lipinski definition) is 3. The number of hydrogen-bond donors (Lipinski definition) is 2. The molecular formula is C20H22N4O. The van der Waals surface area contributed by atoms with E-state index < -0.39 is 5.91 Å². The van der Waals surface area contributed by atoms with Crippen molar-refractivity contribution in [3.63, 3.8) is 0 Å². The van der Waals surface area contributed by atoms with E-state index in [1.54, 1.807) is 6.07 Å². The molecule has 4 rings (SSSR count). The van der Waals surface area contributed by atoms with Crippen molar-refractivity contribution in [2.24, 2.45) is 5.73 Å². The highest BCUT2D eigenvalue weighted by Gasteiger charge is 2.28. The van der Waals surface area contributed by atoms with Gasteiger partial charge in [0.15, 0.2) is 0 Å². The van der Waals surface area contributed by atoms with Gasteiger partial charge < -0.3 is 11.1 Å². The number of nitrogens with zero attached hydrogens (tertiary/aromatic N) is 2. The molecule has 0 radical (unpaired) electrons. The van der Waals surface area contributed by atoms with Crippen LogP contribution in [0.2, 0.25) is 0 Å². The first-order chi connectivity index (χ1) is 12.1. The van der Waals surface area contributed by atoms with Crippen LogP contribution in [0.25, 0.3) is 16.6 Å². The normalized spacial score (nSPS) is 20.7. The van der Waals surface area contributed by atoms with Crippen LogP contribution in [0.3, 0.4) is 0 Å². The van der Waals surface area contributed by atoms with E-state index in [0.717, 1.165) is 24.2 Å². The van der Waals surface area contributed by atoms with Crippen molar-refractivity contribution in [2.75, 3.05) is 13.1 Å². The lowest BCUT2D eigenvalue weighted by atomic mass is 9.76. The third-order valence-electron chi connectivity index (χ3n) is 5.23. The van der Waals surface area contributed by atoms with Crippen LogP contribution in [0.15, 0.2) is 48.7 Å². The highest BCUT2D eigenvalue weighted by Crippen LogP contribution is 2.31. The highest BCUT2D eigenvalue weighted by atomic mass is 16.1. The Bertz CT molecular complexity index is 921. The summed E-state index contributed by atoms with van der Waals surface area (Å²) in [6.45, 7) is 4.44. The lowest BCUT2D eigenvalue weighted by Gasteiger charge is -2.34. The largest absolute Gasteiger partial charge is 0.366 e. The van der Waals surface area contributed by atoms with E-state index in [2.05, 4.69) is 41.6 Å². The molecule has 3 aromatic rings. The van der Waals surface area contributed by atoms with Crippen LogP contribution >= 0.6 is 0 Å². The molecule has 1 saturated heterocycles. The molecule has 0 unspecified atom stereocenters. The van der Waals surface area contributed by atoms with Gasteiger partial charge in [-0.3, -0.25) is 4.79 Å². The average molecular weight is 334 g/mol. The van der Waals surface area contributed by atoms with Crippen molar-refractivity contribution >= 4 is 16.8 Å². The van der Waals surface area contributed by atoms with Gasteiger partial charge in [0.1, 0.15) is 5.52 Å². The zero-order valence-corrected chi connectivity index (χ0v) is 14.3. The molecule has 1 aromatic heterocycles. The summed E-state index contributed by atoms with van der Waals surface area (Å²) >= 11 is 0. The summed E-state index contributed by atoms with van der Waals surface area (Å²) in [6.07, 6.45) is 4.34. The predicted octanol–water partition coefficient (Wildman–Crippen LogP) is 2.77. The Hall–Kier alpha value is -2.66. The Labute approximate surface area is 146 Å². The maximum absolute atomic E-state index is 11.6. The molecule has 2 heterocycles. The first kappa shape index (κ1) is 15.8. The first-order valence-corrected chi connectivity index (χ1v) is 8.67. The maximum Gasteiger partial charge on any atom is 0.250 e. The second kappa shape index (κ2) is 6.01. The van der Waals surface area contributed by atoms with Crippen molar-refractivity contribution < 1.29 is 4.79 Å². The number of carbonyl (C=O) groups is 1. The van der Waals surface area contributed by atoms with Crippen LogP contribution in [0, 0.1) is 0 Å². The molecule has 1 aliphatic rings. The molecule has 0 aliphatic carbocycles. The summed E-state index contributed by atoms with van der Waals surface area (Å²) in [6, 6.07) is 14.0. The van der Waals surface area contributed by atoms with Crippen molar-refractivity contribution in [3.05, 3.63) is 59.8 Å². The monoisotopic (exact) mass is 334 g/mol. The molecule has 0 saturated carbocycles. The SMILES string of the molecule is C[C@@]1(c2ccc(-n3cc4cccc(C(N)=O)c4n3)cc2)CCCNC1. The van der Waals surface area contributed by atoms with E-state index in [1.807, 2.05) is 23.0 Å². The van der Waals surface area contributed by atoms with Gasteiger partial charge in [-0.1, -0.05) is 31.2 Å². The van der Waals surface area contributed by atoms with Crippen LogP contribution in [0.5, 0.6) is 0 Å². The van der Waals surface area contributed by atoms with Crippen molar-refractivity contribution in [2.45, 2.75) is 25.2 Å². The molecule has 0 spiro atoms. The van der Waals surface area contributed by atoms with Gasteiger partial charge in [-0.2, -0.15) is 5.10 Å². The number of benzene rings is 2. The molecule has 1 atom stereocenters. The summed E-state index contributed by atoms with van der Waals surface area (Å²) in [5.41, 5.74) is 9.05. The first-order valence-electron chi connectivity index (χ1n) is 8.67. The Morgan fingerprint density at radius 3 is 2.72 bits per heavy atom. The zero-order chi connectivity index (χ0) is 17.4. The number of carbonyl (C=O) groups excluding carboxylic acids is 1. The summed E-state index contributed by atoms with van der Waals surface area (Å²) < 4.78 is 1.81. The maximum atomic E-state index is 11.6. The summed E-state index contributed by atoms with van der Waals surface area (Å²) in [5, 5.41) is 8.97. The van der Waals surface area contributed by atoms with Gasteiger partial charge in [0.05, 0.1) is 11.3 Å². The number of piperidine rings is 1. The Balaban J connectivity index is 1.69. The van der Waals surface area contributed by atoms with E-state index in [4.69, 9.17) is 5.73 Å². The molecule has 5 heteroatoms. The third kappa shape index (κ3) is 2.81. The van der Waals surface area contributed by atoms with Gasteiger partial charge in [0, 0.05) is 23.5 Å². The summed E-state index contributed by atoms with van der Waals surface area (Å²) in [4.78, 5) is 11.6. The lowest BCUT2D eigenvalue weighted by Crippen LogP contribution is -2.41. The van der Waals surface area contributed by atoms with Crippen LogP contribution in [0.4, 0.5) is 0 Å². The van der Waals surface area contributed by atoms with Crippen molar-refractivity contribution in [3.8, 4) is 5.69 Å². The highest BCUT2D eigenvalue weighted by molar-refractivity contribution is 6.04. The Morgan fingerprint density at radius 1 is 1.24 bits per heavy atom. The van der Waals surface area contributed by atoms with Crippen LogP contribution in [-0.2, 0) is 5.41 Å². The predicted molar refractivity (Wildman–Crippen MR) is 99.0 cm³/mol. The molecule has 0 bridgehead atoms. The number of nitrogens with one attached hydrogen (secondary N) is 1. The van der Waals surface area contributed by atoms with Gasteiger partial charge >= 0.3 is 0 Å². The van der Waals surface area contributed by atoms with Gasteiger partial charge in [-0.25, -0.2) is 4.68 Å². The molecule has 3 N–H and O–H groups in total. The van der Waals surface area contributed by atoms with E-state index in [9.17, 15) is 4.79 Å². The van der Waals surface area contributed by atoms with Crippen LogP contribution in [0.1, 0.15) is 35.7 Å². The fourth-order valence-electron chi connectivity index (χ4n) is 3.70. The van der Waals surface area contributed by atoms with E-state index in [0.29, 0.717) is 11.1 Å². The second-order valence-electron chi connectivity index (χ2n) is 7.07. The minimum atomic E-state index is -0.455. The average Bonchev–Trinajstić information content (AvgIpc) is 3.06. The molecule has 1 amide bonds. The fourth-order valence-corrected chi connectivity index (χ4v) is 3.70. The number of aromatic nitrogens is 2. The van der Waals surface area contributed by atoms with Crippen molar-refractivity contribution in [1.82, 2.24) is 15.1 Å². The Morgan fingerprint density at radius 2 is 2.04 bits per heavy atom. The molecular weight excluding hydrogens is 312 g/mol. The van der Waals surface area contributed by atoms with Gasteiger partial charge in [0.25, 0.3) is 5.91 Å². The molecule has 5 nitrogen and oxygen atoms in total. The van der Waals surface area contributed by atoms with E-state index in [-0.39, 0.29) is 5.41 Å². The quantitative estimate of drug-likeness (QED) is 0.773. The number of fused-ring (bicyclic) bond motifs is 1. The Kier molecular flexibility index (Phi) is 3.81. The molecule has 25 heavy (non-hydrogen) atoms. The second-order valence-corrected chi connectivity index (χ2v) is 7.07. The fraction of sp³-hybridized carbons (Fsp3) is 0.300. The van der Waals surface area contributed by atoms with Gasteiger partial charge in [-0.05, 0) is 43.1 Å². The number of amides is 1. The minimum absolute atomic E-state index is 0.185. The van der Waals surface area contributed by atoms with Crippen LogP contribution in [-0.4, -0.2) is 28.8 Å². The van der Waals surface area contributed by atoms with E-state index in [1.165, 1.54) is 18.4 Å². The molecule has 1 fully saturated rings. The van der Waals surface area contributed by atoms with E-state index >= 15 is 0 Å². The van der Waals surface area contributed by atoms with Gasteiger partial charge in [-0.15, -0.1) is 0 Å². The summed E-state index contributed by atoms with van der Waals surface area (Å²) in [7, 11) is 0. The number of primary amides is 1. The molecule has 2 aromatic carbocycles. The number of nitrogens with two attached hydrogens (primary N) is 1. The summed E-state index contributed by atoms with van der Waals surface area (Å²) in [5.74, 6) is -0.455. The smallest absolute Gasteiger partial charge is 0.250 e. The third-order valence-corrected chi connectivity index (χ3v) is 5.23. The van der Waals surface area contributed by atoms with Gasteiger partial charge in [0.2, 0.25) is 0 Å². The zero-order valence-electron chi connectivity index (χ0n) is 14.3. The lowest BCUT2D eigenvalue weighted by molar-refractivity contribution is 0.100. The minimum Gasteiger partial charge on any atom is -0.366 e. The van der Waals surface area contributed by atoms with Crippen LogP contribution < -0.4 is 11.1 Å². The molecule has 128 valence electrons. The van der Waals surface area contributed by atoms with Crippen molar-refractivity contribution in [1.29, 1.82) is 0 Å². The number of rotatable bonds is 3. The molecule has 1 aliphatic heterocycles. The topological polar surface area (TPSA) is 72.9 Å². The standard InChI is InChI=1S/C20H22N4O/c1-20(10-3-11-22-13-20)15-6-8-16(9-7-15)24-12-14-4-2-5-17(19(21)25)18(14)23-24/h2,4-9,12,22H,3,10-11,13H2,1H3,(H2,21,25)/t20-/m1/s1.